The van der Waals surface area contributed by atoms with E-state index in [2.05, 4.69) is 5.32 Å². The number of sulfonamides is 2. The second-order valence-corrected chi connectivity index (χ2v) is 12.1. The molecule has 1 aliphatic rings. The SMILES string of the molecule is COc1ccc(S(=O)(=O)N(C)c2ccc(C(=O)Nc3ccc(S(=O)(=O)N4CCOCC4)cc3)cc2)cc1. The van der Waals surface area contributed by atoms with Crippen molar-refractivity contribution in [1.29, 1.82) is 0 Å². The van der Waals surface area contributed by atoms with Gasteiger partial charge in [0.2, 0.25) is 10.0 Å². The lowest BCUT2D eigenvalue weighted by Gasteiger charge is -2.26. The normalized spacial score (nSPS) is 14.6. The summed E-state index contributed by atoms with van der Waals surface area (Å²) < 4.78 is 64.2. The van der Waals surface area contributed by atoms with Crippen molar-refractivity contribution in [2.75, 3.05) is 50.1 Å². The molecule has 1 amide bonds. The maximum Gasteiger partial charge on any atom is 0.264 e. The van der Waals surface area contributed by atoms with E-state index in [1.807, 2.05) is 0 Å². The Kier molecular flexibility index (Phi) is 7.83. The zero-order valence-corrected chi connectivity index (χ0v) is 22.0. The molecule has 0 saturated carbocycles. The van der Waals surface area contributed by atoms with Crippen molar-refractivity contribution in [2.24, 2.45) is 0 Å². The third-order valence-corrected chi connectivity index (χ3v) is 9.64. The predicted octanol–water partition coefficient (Wildman–Crippen LogP) is 2.79. The molecule has 0 bridgehead atoms. The number of methoxy groups -OCH3 is 1. The lowest BCUT2D eigenvalue weighted by atomic mass is 10.2. The van der Waals surface area contributed by atoms with E-state index in [1.54, 1.807) is 12.1 Å². The third kappa shape index (κ3) is 5.77. The first-order valence-electron chi connectivity index (χ1n) is 11.4. The minimum atomic E-state index is -3.81. The monoisotopic (exact) mass is 545 g/mol. The first-order valence-corrected chi connectivity index (χ1v) is 14.2. The van der Waals surface area contributed by atoms with Gasteiger partial charge in [0.05, 0.1) is 35.8 Å². The second kappa shape index (κ2) is 10.9. The van der Waals surface area contributed by atoms with Crippen molar-refractivity contribution in [3.63, 3.8) is 0 Å². The zero-order chi connectivity index (χ0) is 26.6. The fourth-order valence-corrected chi connectivity index (χ4v) is 6.32. The number of carbonyl (C=O) groups is 1. The van der Waals surface area contributed by atoms with Gasteiger partial charge in [-0.1, -0.05) is 0 Å². The largest absolute Gasteiger partial charge is 0.497 e. The molecule has 3 aromatic carbocycles. The summed E-state index contributed by atoms with van der Waals surface area (Å²) >= 11 is 0. The summed E-state index contributed by atoms with van der Waals surface area (Å²) in [4.78, 5) is 13.0. The van der Waals surface area contributed by atoms with Gasteiger partial charge in [-0.15, -0.1) is 0 Å². The lowest BCUT2D eigenvalue weighted by Crippen LogP contribution is -2.40. The number of morpholine rings is 1. The van der Waals surface area contributed by atoms with E-state index in [4.69, 9.17) is 9.47 Å². The number of ether oxygens (including phenoxy) is 2. The van der Waals surface area contributed by atoms with Gasteiger partial charge in [-0.2, -0.15) is 4.31 Å². The van der Waals surface area contributed by atoms with Crippen LogP contribution in [0.5, 0.6) is 5.75 Å². The van der Waals surface area contributed by atoms with E-state index in [0.717, 1.165) is 4.31 Å². The van der Waals surface area contributed by atoms with Crippen molar-refractivity contribution in [2.45, 2.75) is 9.79 Å². The Morgan fingerprint density at radius 3 is 2.00 bits per heavy atom. The minimum Gasteiger partial charge on any atom is -0.497 e. The van der Waals surface area contributed by atoms with Gasteiger partial charge < -0.3 is 14.8 Å². The molecular formula is C25H27N3O7S2. The Morgan fingerprint density at radius 2 is 1.43 bits per heavy atom. The van der Waals surface area contributed by atoms with Crippen LogP contribution in [0.25, 0.3) is 0 Å². The van der Waals surface area contributed by atoms with Gasteiger partial charge in [0.15, 0.2) is 0 Å². The Labute approximate surface area is 216 Å². The standard InChI is InChI=1S/C25H27N3O7S2/c1-27(36(30,31)23-13-9-22(34-2)10-14-23)21-7-3-19(4-8-21)25(29)26-20-5-11-24(12-6-20)37(32,33)28-15-17-35-18-16-28/h3-14H,15-18H2,1-2H3,(H,26,29). The van der Waals surface area contributed by atoms with Crippen LogP contribution in [0.3, 0.4) is 0 Å². The summed E-state index contributed by atoms with van der Waals surface area (Å²) in [6.07, 6.45) is 0. The molecular weight excluding hydrogens is 518 g/mol. The molecule has 0 atom stereocenters. The molecule has 1 heterocycles. The van der Waals surface area contributed by atoms with Crippen molar-refractivity contribution in [3.8, 4) is 5.75 Å². The summed E-state index contributed by atoms with van der Waals surface area (Å²) in [7, 11) is -4.50. The number of hydrogen-bond acceptors (Lipinski definition) is 7. The molecule has 3 aromatic rings. The van der Waals surface area contributed by atoms with Gasteiger partial charge in [-0.25, -0.2) is 16.8 Å². The quantitative estimate of drug-likeness (QED) is 0.462. The van der Waals surface area contributed by atoms with E-state index in [0.29, 0.717) is 49.0 Å². The number of anilines is 2. The van der Waals surface area contributed by atoms with Gasteiger partial charge in [0.25, 0.3) is 15.9 Å². The Bertz CT molecular complexity index is 1450. The van der Waals surface area contributed by atoms with Crippen molar-refractivity contribution in [1.82, 2.24) is 4.31 Å². The fraction of sp³-hybridized carbons (Fsp3) is 0.240. The predicted molar refractivity (Wildman–Crippen MR) is 139 cm³/mol. The molecule has 12 heteroatoms. The molecule has 0 aliphatic carbocycles. The summed E-state index contributed by atoms with van der Waals surface area (Å²) in [5, 5.41) is 2.72. The van der Waals surface area contributed by atoms with E-state index in [1.165, 1.54) is 79.1 Å². The Balaban J connectivity index is 1.42. The van der Waals surface area contributed by atoms with E-state index < -0.39 is 26.0 Å². The molecule has 37 heavy (non-hydrogen) atoms. The average molecular weight is 546 g/mol. The highest BCUT2D eigenvalue weighted by Gasteiger charge is 2.26. The number of carbonyl (C=O) groups excluding carboxylic acids is 1. The minimum absolute atomic E-state index is 0.108. The summed E-state index contributed by atoms with van der Waals surface area (Å²) in [6, 6.07) is 18.1. The van der Waals surface area contributed by atoms with Crippen LogP contribution in [0.2, 0.25) is 0 Å². The van der Waals surface area contributed by atoms with Gasteiger partial charge >= 0.3 is 0 Å². The Morgan fingerprint density at radius 1 is 0.865 bits per heavy atom. The van der Waals surface area contributed by atoms with Crippen LogP contribution in [-0.4, -0.2) is 67.5 Å². The van der Waals surface area contributed by atoms with Crippen LogP contribution < -0.4 is 14.4 Å². The second-order valence-electron chi connectivity index (χ2n) is 8.19. The van der Waals surface area contributed by atoms with Crippen LogP contribution in [0, 0.1) is 0 Å². The molecule has 1 N–H and O–H groups in total. The molecule has 0 spiro atoms. The highest BCUT2D eigenvalue weighted by atomic mass is 32.2. The molecule has 0 radical (unpaired) electrons. The summed E-state index contributed by atoms with van der Waals surface area (Å²) in [5.41, 5.74) is 1.11. The average Bonchev–Trinajstić information content (AvgIpc) is 2.93. The molecule has 1 saturated heterocycles. The van der Waals surface area contributed by atoms with Crippen LogP contribution in [0.4, 0.5) is 11.4 Å². The molecule has 1 aliphatic heterocycles. The van der Waals surface area contributed by atoms with Gasteiger partial charge in [0.1, 0.15) is 5.75 Å². The van der Waals surface area contributed by atoms with Crippen molar-refractivity contribution in [3.05, 3.63) is 78.4 Å². The number of hydrogen-bond donors (Lipinski definition) is 1. The first kappa shape index (κ1) is 26.6. The number of rotatable bonds is 8. The van der Waals surface area contributed by atoms with Crippen LogP contribution in [0.15, 0.2) is 82.6 Å². The van der Waals surface area contributed by atoms with Crippen LogP contribution in [0.1, 0.15) is 10.4 Å². The lowest BCUT2D eigenvalue weighted by molar-refractivity contribution is 0.0730. The first-order chi connectivity index (χ1) is 17.6. The molecule has 10 nitrogen and oxygen atoms in total. The summed E-state index contributed by atoms with van der Waals surface area (Å²) in [5.74, 6) is 0.126. The maximum atomic E-state index is 12.9. The number of amides is 1. The highest BCUT2D eigenvalue weighted by Crippen LogP contribution is 2.25. The van der Waals surface area contributed by atoms with Crippen molar-refractivity contribution >= 4 is 37.3 Å². The third-order valence-electron chi connectivity index (χ3n) is 5.93. The molecule has 0 aromatic heterocycles. The fourth-order valence-electron chi connectivity index (χ4n) is 3.72. The van der Waals surface area contributed by atoms with Gasteiger partial charge in [-0.3, -0.25) is 9.10 Å². The van der Waals surface area contributed by atoms with E-state index >= 15 is 0 Å². The summed E-state index contributed by atoms with van der Waals surface area (Å²) in [6.45, 7) is 1.31. The highest BCUT2D eigenvalue weighted by molar-refractivity contribution is 7.92. The number of nitrogens with zero attached hydrogens (tertiary/aromatic N) is 2. The van der Waals surface area contributed by atoms with Crippen LogP contribution >= 0.6 is 0 Å². The smallest absolute Gasteiger partial charge is 0.264 e. The number of nitrogens with one attached hydrogen (secondary N) is 1. The zero-order valence-electron chi connectivity index (χ0n) is 20.3. The van der Waals surface area contributed by atoms with Gasteiger partial charge in [0, 0.05) is 31.4 Å². The van der Waals surface area contributed by atoms with E-state index in [9.17, 15) is 21.6 Å². The molecule has 1 fully saturated rings. The number of benzene rings is 3. The van der Waals surface area contributed by atoms with E-state index in [-0.39, 0.29) is 9.79 Å². The van der Waals surface area contributed by atoms with Crippen LogP contribution in [-0.2, 0) is 24.8 Å². The molecule has 196 valence electrons. The molecule has 4 rings (SSSR count). The van der Waals surface area contributed by atoms with Crippen molar-refractivity contribution < 1.29 is 31.1 Å². The topological polar surface area (TPSA) is 122 Å². The Hall–Kier alpha value is -3.45. The van der Waals surface area contributed by atoms with Gasteiger partial charge in [-0.05, 0) is 72.8 Å². The molecule has 0 unspecified atom stereocenters. The maximum absolute atomic E-state index is 12.9.